The Bertz CT molecular complexity index is 1450. The van der Waals surface area contributed by atoms with Crippen LogP contribution in [0.15, 0.2) is 78.9 Å². The molecule has 0 bridgehead atoms. The summed E-state index contributed by atoms with van der Waals surface area (Å²) in [5.41, 5.74) is 4.12. The summed E-state index contributed by atoms with van der Waals surface area (Å²) in [7, 11) is -3.82. The Kier molecular flexibility index (Phi) is 11.0. The van der Waals surface area contributed by atoms with Gasteiger partial charge < -0.3 is 10.2 Å². The minimum atomic E-state index is -3.82. The highest BCUT2D eigenvalue weighted by atomic mass is 32.2. The molecule has 226 valence electrons. The molecular formula is C34H45N3O4S. The van der Waals surface area contributed by atoms with Crippen LogP contribution in [-0.4, -0.2) is 50.0 Å². The highest BCUT2D eigenvalue weighted by Gasteiger charge is 2.33. The summed E-state index contributed by atoms with van der Waals surface area (Å²) < 4.78 is 27.2. The van der Waals surface area contributed by atoms with Crippen molar-refractivity contribution in [3.05, 3.63) is 101 Å². The summed E-state index contributed by atoms with van der Waals surface area (Å²) >= 11 is 0. The van der Waals surface area contributed by atoms with Crippen LogP contribution in [0.2, 0.25) is 0 Å². The highest BCUT2D eigenvalue weighted by molar-refractivity contribution is 7.92. The number of aryl methyl sites for hydroxylation is 1. The molecule has 0 aliphatic carbocycles. The van der Waals surface area contributed by atoms with Gasteiger partial charge in [-0.2, -0.15) is 0 Å². The van der Waals surface area contributed by atoms with Crippen molar-refractivity contribution in [3.63, 3.8) is 0 Å². The van der Waals surface area contributed by atoms with E-state index in [0.29, 0.717) is 12.1 Å². The molecule has 3 aromatic rings. The van der Waals surface area contributed by atoms with Crippen molar-refractivity contribution in [2.75, 3.05) is 17.1 Å². The number of carbonyl (C=O) groups excluding carboxylic acids is 2. The maximum Gasteiger partial charge on any atom is 0.244 e. The quantitative estimate of drug-likeness (QED) is 0.297. The van der Waals surface area contributed by atoms with Crippen LogP contribution in [0.1, 0.15) is 63.3 Å². The maximum absolute atomic E-state index is 14.2. The van der Waals surface area contributed by atoms with Crippen LogP contribution in [-0.2, 0) is 38.0 Å². The molecule has 0 fully saturated rings. The van der Waals surface area contributed by atoms with Crippen LogP contribution in [0.3, 0.4) is 0 Å². The van der Waals surface area contributed by atoms with Gasteiger partial charge in [0, 0.05) is 19.0 Å². The zero-order valence-electron chi connectivity index (χ0n) is 25.9. The number of anilines is 1. The Morgan fingerprint density at radius 1 is 0.905 bits per heavy atom. The third kappa shape index (κ3) is 8.92. The third-order valence-electron chi connectivity index (χ3n) is 7.57. The minimum Gasteiger partial charge on any atom is -0.352 e. The van der Waals surface area contributed by atoms with Crippen molar-refractivity contribution in [3.8, 4) is 0 Å². The molecule has 0 aliphatic heterocycles. The van der Waals surface area contributed by atoms with E-state index < -0.39 is 28.5 Å². The van der Waals surface area contributed by atoms with Crippen LogP contribution in [0.4, 0.5) is 5.69 Å². The minimum absolute atomic E-state index is 0.0833. The first-order chi connectivity index (χ1) is 19.7. The average molecular weight is 592 g/mol. The highest BCUT2D eigenvalue weighted by Crippen LogP contribution is 2.26. The van der Waals surface area contributed by atoms with Crippen LogP contribution < -0.4 is 9.62 Å². The SMILES string of the molecule is CCC(C)NC(=O)C(Cc1ccccc1)N(Cc1ccccc1C)C(=O)CN(c1ccc(C(C)(C)C)cc1)S(C)(=O)=O. The molecule has 1 N–H and O–H groups in total. The Morgan fingerprint density at radius 3 is 2.05 bits per heavy atom. The molecule has 8 heteroatoms. The van der Waals surface area contributed by atoms with Gasteiger partial charge in [-0.25, -0.2) is 8.42 Å². The summed E-state index contributed by atoms with van der Waals surface area (Å²) in [6.07, 6.45) is 2.13. The maximum atomic E-state index is 14.2. The monoisotopic (exact) mass is 591 g/mol. The summed E-state index contributed by atoms with van der Waals surface area (Å²) in [5.74, 6) is -0.723. The lowest BCUT2D eigenvalue weighted by atomic mass is 9.87. The van der Waals surface area contributed by atoms with E-state index >= 15 is 0 Å². The number of benzene rings is 3. The van der Waals surface area contributed by atoms with E-state index in [4.69, 9.17) is 0 Å². The second-order valence-corrected chi connectivity index (χ2v) is 13.9. The molecule has 2 unspecified atom stereocenters. The van der Waals surface area contributed by atoms with E-state index in [0.717, 1.165) is 39.2 Å². The van der Waals surface area contributed by atoms with Crippen molar-refractivity contribution >= 4 is 27.5 Å². The second kappa shape index (κ2) is 14.0. The number of hydrogen-bond donors (Lipinski definition) is 1. The summed E-state index contributed by atoms with van der Waals surface area (Å²) in [4.78, 5) is 29.6. The molecule has 7 nitrogen and oxygen atoms in total. The summed E-state index contributed by atoms with van der Waals surface area (Å²) in [5, 5.41) is 3.06. The lowest BCUT2D eigenvalue weighted by Crippen LogP contribution is -2.54. The first kappa shape index (κ1) is 32.9. The van der Waals surface area contributed by atoms with Gasteiger partial charge in [0.25, 0.3) is 0 Å². The molecule has 42 heavy (non-hydrogen) atoms. The third-order valence-corrected chi connectivity index (χ3v) is 8.72. The lowest BCUT2D eigenvalue weighted by Gasteiger charge is -2.34. The van der Waals surface area contributed by atoms with Crippen LogP contribution in [0.5, 0.6) is 0 Å². The summed E-state index contributed by atoms with van der Waals surface area (Å²) in [6, 6.07) is 23.6. The molecule has 2 amide bonds. The van der Waals surface area contributed by atoms with Gasteiger partial charge in [0.15, 0.2) is 0 Å². The van der Waals surface area contributed by atoms with Crippen molar-refractivity contribution in [1.29, 1.82) is 0 Å². The topological polar surface area (TPSA) is 86.8 Å². The molecule has 3 aromatic carbocycles. The summed E-state index contributed by atoms with van der Waals surface area (Å²) in [6.45, 7) is 11.9. The first-order valence-corrected chi connectivity index (χ1v) is 16.3. The van der Waals surface area contributed by atoms with E-state index in [-0.39, 0.29) is 23.9 Å². The molecular weight excluding hydrogens is 546 g/mol. The number of hydrogen-bond acceptors (Lipinski definition) is 4. The fourth-order valence-corrected chi connectivity index (χ4v) is 5.56. The molecule has 0 saturated heterocycles. The Balaban J connectivity index is 2.07. The van der Waals surface area contributed by atoms with Crippen LogP contribution in [0.25, 0.3) is 0 Å². The Labute approximate surface area is 252 Å². The first-order valence-electron chi connectivity index (χ1n) is 14.5. The van der Waals surface area contributed by atoms with Gasteiger partial charge in [0.05, 0.1) is 11.9 Å². The van der Waals surface area contributed by atoms with Crippen LogP contribution in [0, 0.1) is 6.92 Å². The van der Waals surface area contributed by atoms with E-state index in [9.17, 15) is 18.0 Å². The molecule has 2 atom stereocenters. The average Bonchev–Trinajstić information content (AvgIpc) is 2.93. The van der Waals surface area contributed by atoms with Gasteiger partial charge in [0.2, 0.25) is 21.8 Å². The molecule has 0 heterocycles. The van der Waals surface area contributed by atoms with Gasteiger partial charge in [-0.1, -0.05) is 94.4 Å². The normalized spacial score (nSPS) is 13.2. The molecule has 0 spiro atoms. The largest absolute Gasteiger partial charge is 0.352 e. The number of sulfonamides is 1. The van der Waals surface area contributed by atoms with E-state index in [1.54, 1.807) is 12.1 Å². The molecule has 0 aromatic heterocycles. The van der Waals surface area contributed by atoms with Gasteiger partial charge >= 0.3 is 0 Å². The fraction of sp³-hybridized carbons (Fsp3) is 0.412. The van der Waals surface area contributed by atoms with Gasteiger partial charge in [0.1, 0.15) is 12.6 Å². The Hall–Kier alpha value is -3.65. The second-order valence-electron chi connectivity index (χ2n) is 12.0. The standard InChI is InChI=1S/C34H45N3O4S/c1-8-26(3)35-33(39)31(22-27-15-10-9-11-16-27)36(23-28-17-13-12-14-25(28)2)32(38)24-37(42(7,40)41)30-20-18-29(19-21-30)34(4,5)6/h9-21,26,31H,8,22-24H2,1-7H3,(H,35,39). The number of amides is 2. The predicted octanol–water partition coefficient (Wildman–Crippen LogP) is 5.61. The molecule has 0 aliphatic rings. The van der Waals surface area contributed by atoms with Gasteiger partial charge in [-0.15, -0.1) is 0 Å². The van der Waals surface area contributed by atoms with Gasteiger partial charge in [-0.3, -0.25) is 13.9 Å². The number of carbonyl (C=O) groups is 2. The Morgan fingerprint density at radius 2 is 1.50 bits per heavy atom. The van der Waals surface area contributed by atoms with E-state index in [1.807, 2.05) is 87.5 Å². The number of nitrogens with zero attached hydrogens (tertiary/aromatic N) is 2. The zero-order chi connectivity index (χ0) is 31.1. The van der Waals surface area contributed by atoms with Crippen molar-refractivity contribution in [2.45, 2.75) is 78.4 Å². The smallest absolute Gasteiger partial charge is 0.244 e. The lowest BCUT2D eigenvalue weighted by molar-refractivity contribution is -0.140. The van der Waals surface area contributed by atoms with Crippen molar-refractivity contribution < 1.29 is 18.0 Å². The predicted molar refractivity (Wildman–Crippen MR) is 171 cm³/mol. The van der Waals surface area contributed by atoms with E-state index in [1.165, 1.54) is 4.90 Å². The van der Waals surface area contributed by atoms with E-state index in [2.05, 4.69) is 26.1 Å². The fourth-order valence-electron chi connectivity index (χ4n) is 4.71. The van der Waals surface area contributed by atoms with Crippen LogP contribution >= 0.6 is 0 Å². The zero-order valence-corrected chi connectivity index (χ0v) is 26.7. The van der Waals surface area contributed by atoms with Crippen molar-refractivity contribution in [1.82, 2.24) is 10.2 Å². The molecule has 0 radical (unpaired) electrons. The molecule has 3 rings (SSSR count). The van der Waals surface area contributed by atoms with Crippen molar-refractivity contribution in [2.24, 2.45) is 0 Å². The van der Waals surface area contributed by atoms with Gasteiger partial charge in [-0.05, 0) is 60.1 Å². The number of rotatable bonds is 12. The molecule has 0 saturated carbocycles. The number of nitrogens with one attached hydrogen (secondary N) is 1.